The second-order valence-corrected chi connectivity index (χ2v) is 5.90. The molecule has 4 nitrogen and oxygen atoms in total. The Morgan fingerprint density at radius 3 is 2.78 bits per heavy atom. The molecule has 0 radical (unpaired) electrons. The van der Waals surface area contributed by atoms with Gasteiger partial charge in [-0.1, -0.05) is 24.3 Å². The topological polar surface area (TPSA) is 57.8 Å². The highest BCUT2D eigenvalue weighted by Gasteiger charge is 2.16. The molecule has 2 N–H and O–H groups in total. The van der Waals surface area contributed by atoms with Crippen molar-refractivity contribution in [3.8, 4) is 11.1 Å². The first kappa shape index (κ1) is 15.2. The summed E-state index contributed by atoms with van der Waals surface area (Å²) in [6, 6.07) is 10.7. The van der Waals surface area contributed by atoms with Crippen molar-refractivity contribution in [2.75, 3.05) is 0 Å². The fourth-order valence-electron chi connectivity index (χ4n) is 2.56. The standard InChI is InChI=1S/C18H18FN3O/c1-10(2)20-18(23)17-14-9-12(7-8-15(14)21-22-17)13-6-4-5-11(3)16(13)19/h4-10H,1-3H3,(H,20,23)(H,21,22). The highest BCUT2D eigenvalue weighted by atomic mass is 19.1. The van der Waals surface area contributed by atoms with E-state index >= 15 is 0 Å². The molecule has 0 spiro atoms. The van der Waals surface area contributed by atoms with Crippen LogP contribution in [-0.4, -0.2) is 22.1 Å². The van der Waals surface area contributed by atoms with Crippen molar-refractivity contribution in [1.82, 2.24) is 15.5 Å². The van der Waals surface area contributed by atoms with Crippen LogP contribution < -0.4 is 5.32 Å². The summed E-state index contributed by atoms with van der Waals surface area (Å²) >= 11 is 0. The van der Waals surface area contributed by atoms with Gasteiger partial charge in [-0.3, -0.25) is 9.89 Å². The van der Waals surface area contributed by atoms with E-state index < -0.39 is 0 Å². The molecule has 1 aromatic heterocycles. The van der Waals surface area contributed by atoms with Crippen molar-refractivity contribution in [3.05, 3.63) is 53.5 Å². The van der Waals surface area contributed by atoms with Gasteiger partial charge in [0.05, 0.1) is 5.52 Å². The number of H-pyrrole nitrogens is 1. The summed E-state index contributed by atoms with van der Waals surface area (Å²) in [6.07, 6.45) is 0. The number of nitrogens with zero attached hydrogens (tertiary/aromatic N) is 1. The first-order chi connectivity index (χ1) is 11.0. The number of nitrogens with one attached hydrogen (secondary N) is 2. The number of carbonyl (C=O) groups is 1. The van der Waals surface area contributed by atoms with Crippen molar-refractivity contribution in [1.29, 1.82) is 0 Å². The lowest BCUT2D eigenvalue weighted by Crippen LogP contribution is -2.30. The van der Waals surface area contributed by atoms with Gasteiger partial charge in [0.25, 0.3) is 5.91 Å². The molecular weight excluding hydrogens is 293 g/mol. The normalized spacial score (nSPS) is 11.2. The quantitative estimate of drug-likeness (QED) is 0.772. The molecule has 3 rings (SSSR count). The smallest absolute Gasteiger partial charge is 0.272 e. The minimum Gasteiger partial charge on any atom is -0.348 e. The number of aryl methyl sites for hydroxylation is 1. The van der Waals surface area contributed by atoms with Gasteiger partial charge < -0.3 is 5.32 Å². The van der Waals surface area contributed by atoms with Crippen molar-refractivity contribution in [3.63, 3.8) is 0 Å². The number of benzene rings is 2. The van der Waals surface area contributed by atoms with Gasteiger partial charge in [-0.15, -0.1) is 0 Å². The fourth-order valence-corrected chi connectivity index (χ4v) is 2.56. The number of aromatic nitrogens is 2. The average molecular weight is 311 g/mol. The Hall–Kier alpha value is -2.69. The Morgan fingerprint density at radius 1 is 1.26 bits per heavy atom. The molecule has 0 aliphatic heterocycles. The van der Waals surface area contributed by atoms with Crippen molar-refractivity contribution in [2.45, 2.75) is 26.8 Å². The summed E-state index contributed by atoms with van der Waals surface area (Å²) in [5.74, 6) is -0.489. The van der Waals surface area contributed by atoms with Crippen molar-refractivity contribution in [2.24, 2.45) is 0 Å². The van der Waals surface area contributed by atoms with Gasteiger partial charge >= 0.3 is 0 Å². The van der Waals surface area contributed by atoms with Gasteiger partial charge in [0.15, 0.2) is 5.69 Å². The maximum Gasteiger partial charge on any atom is 0.272 e. The largest absolute Gasteiger partial charge is 0.348 e. The van der Waals surface area contributed by atoms with E-state index in [1.54, 1.807) is 25.1 Å². The monoisotopic (exact) mass is 311 g/mol. The minimum absolute atomic E-state index is 0.0200. The molecule has 0 fully saturated rings. The SMILES string of the molecule is Cc1cccc(-c2ccc3[nH]nc(C(=O)NC(C)C)c3c2)c1F. The zero-order chi connectivity index (χ0) is 16.6. The molecule has 0 unspecified atom stereocenters. The van der Waals surface area contributed by atoms with Gasteiger partial charge in [-0.25, -0.2) is 4.39 Å². The third kappa shape index (κ3) is 2.82. The zero-order valence-corrected chi connectivity index (χ0v) is 13.3. The molecule has 0 saturated heterocycles. The number of hydrogen-bond donors (Lipinski definition) is 2. The number of hydrogen-bond acceptors (Lipinski definition) is 2. The Labute approximate surface area is 133 Å². The Balaban J connectivity index is 2.11. The van der Waals surface area contributed by atoms with Crippen LogP contribution >= 0.6 is 0 Å². The lowest BCUT2D eigenvalue weighted by molar-refractivity contribution is 0.0939. The van der Waals surface area contributed by atoms with Crippen LogP contribution in [0.25, 0.3) is 22.0 Å². The minimum atomic E-state index is -0.247. The molecule has 2 aromatic carbocycles. The molecule has 5 heteroatoms. The molecule has 0 saturated carbocycles. The number of fused-ring (bicyclic) bond motifs is 1. The van der Waals surface area contributed by atoms with E-state index in [1.807, 2.05) is 32.0 Å². The Kier molecular flexibility index (Phi) is 3.86. The number of amides is 1. The third-order valence-electron chi connectivity index (χ3n) is 3.70. The maximum atomic E-state index is 14.3. The Morgan fingerprint density at radius 2 is 2.04 bits per heavy atom. The molecule has 23 heavy (non-hydrogen) atoms. The van der Waals surface area contributed by atoms with E-state index in [0.717, 1.165) is 11.1 Å². The third-order valence-corrected chi connectivity index (χ3v) is 3.70. The van der Waals surface area contributed by atoms with Crippen LogP contribution in [0.3, 0.4) is 0 Å². The lowest BCUT2D eigenvalue weighted by atomic mass is 10.0. The van der Waals surface area contributed by atoms with Crippen LogP contribution in [0, 0.1) is 12.7 Å². The van der Waals surface area contributed by atoms with Crippen LogP contribution in [0.2, 0.25) is 0 Å². The average Bonchev–Trinajstić information content (AvgIpc) is 2.92. The van der Waals surface area contributed by atoms with Gasteiger partial charge in [0.2, 0.25) is 0 Å². The number of carbonyl (C=O) groups excluding carboxylic acids is 1. The first-order valence-corrected chi connectivity index (χ1v) is 7.52. The van der Waals surface area contributed by atoms with E-state index in [4.69, 9.17) is 0 Å². The summed E-state index contributed by atoms with van der Waals surface area (Å²) in [5.41, 5.74) is 2.90. The molecule has 3 aromatic rings. The molecule has 1 amide bonds. The summed E-state index contributed by atoms with van der Waals surface area (Å²) in [7, 11) is 0. The maximum absolute atomic E-state index is 14.3. The predicted molar refractivity (Wildman–Crippen MR) is 88.8 cm³/mol. The summed E-state index contributed by atoms with van der Waals surface area (Å²) in [5, 5.41) is 10.4. The number of rotatable bonds is 3. The van der Waals surface area contributed by atoms with Crippen LogP contribution in [0.5, 0.6) is 0 Å². The van der Waals surface area contributed by atoms with Gasteiger partial charge in [0.1, 0.15) is 5.82 Å². The van der Waals surface area contributed by atoms with E-state index in [-0.39, 0.29) is 17.8 Å². The first-order valence-electron chi connectivity index (χ1n) is 7.52. The zero-order valence-electron chi connectivity index (χ0n) is 13.3. The molecule has 1 heterocycles. The molecule has 0 atom stereocenters. The van der Waals surface area contributed by atoms with Gasteiger partial charge in [0, 0.05) is 17.0 Å². The molecule has 118 valence electrons. The molecule has 0 aliphatic carbocycles. The van der Waals surface area contributed by atoms with Crippen LogP contribution in [0.1, 0.15) is 29.9 Å². The van der Waals surface area contributed by atoms with E-state index in [2.05, 4.69) is 15.5 Å². The molecule has 0 bridgehead atoms. The lowest BCUT2D eigenvalue weighted by Gasteiger charge is -2.08. The van der Waals surface area contributed by atoms with Crippen LogP contribution in [0.15, 0.2) is 36.4 Å². The van der Waals surface area contributed by atoms with E-state index in [9.17, 15) is 9.18 Å². The summed E-state index contributed by atoms with van der Waals surface area (Å²) in [6.45, 7) is 5.51. The summed E-state index contributed by atoms with van der Waals surface area (Å²) in [4.78, 5) is 12.2. The predicted octanol–water partition coefficient (Wildman–Crippen LogP) is 3.82. The van der Waals surface area contributed by atoms with E-state index in [0.29, 0.717) is 22.2 Å². The van der Waals surface area contributed by atoms with Crippen molar-refractivity contribution < 1.29 is 9.18 Å². The summed E-state index contributed by atoms with van der Waals surface area (Å²) < 4.78 is 14.3. The van der Waals surface area contributed by atoms with E-state index in [1.165, 1.54) is 0 Å². The van der Waals surface area contributed by atoms with Crippen molar-refractivity contribution >= 4 is 16.8 Å². The van der Waals surface area contributed by atoms with Gasteiger partial charge in [-0.05, 0) is 44.0 Å². The Bertz CT molecular complexity index is 883. The highest BCUT2D eigenvalue weighted by Crippen LogP contribution is 2.28. The molecule has 0 aliphatic rings. The van der Waals surface area contributed by atoms with Crippen LogP contribution in [0.4, 0.5) is 4.39 Å². The van der Waals surface area contributed by atoms with Crippen LogP contribution in [-0.2, 0) is 0 Å². The van der Waals surface area contributed by atoms with Gasteiger partial charge in [-0.2, -0.15) is 5.10 Å². The molecular formula is C18H18FN3O. The second kappa shape index (κ2) is 5.83. The number of aromatic amines is 1. The second-order valence-electron chi connectivity index (χ2n) is 5.90. The fraction of sp³-hybridized carbons (Fsp3) is 0.222. The number of halogens is 1. The highest BCUT2D eigenvalue weighted by molar-refractivity contribution is 6.05.